The van der Waals surface area contributed by atoms with E-state index in [2.05, 4.69) is 0 Å². The number of hydrogen-bond donors (Lipinski definition) is 0. The predicted octanol–water partition coefficient (Wildman–Crippen LogP) is 3.55. The van der Waals surface area contributed by atoms with Crippen molar-refractivity contribution in [2.45, 2.75) is 27.2 Å². The van der Waals surface area contributed by atoms with Crippen LogP contribution in [0.1, 0.15) is 27.2 Å². The van der Waals surface area contributed by atoms with Gasteiger partial charge in [-0.2, -0.15) is 0 Å². The van der Waals surface area contributed by atoms with Crippen molar-refractivity contribution in [2.75, 3.05) is 6.54 Å². The summed E-state index contributed by atoms with van der Waals surface area (Å²) in [5, 5.41) is -0.0973. The quantitative estimate of drug-likeness (QED) is 0.515. The van der Waals surface area contributed by atoms with E-state index < -0.39 is 5.37 Å². The number of carbonyl (C=O) groups is 1. The highest BCUT2D eigenvalue weighted by Gasteiger charge is 2.13. The highest BCUT2D eigenvalue weighted by molar-refractivity contribution is 6.63. The monoisotopic (exact) mass is 209 g/mol. The Balaban J connectivity index is 4.52. The van der Waals surface area contributed by atoms with E-state index in [9.17, 15) is 4.79 Å². The first-order chi connectivity index (χ1) is 5.50. The van der Waals surface area contributed by atoms with E-state index in [1.54, 1.807) is 0 Å². The first-order valence-corrected chi connectivity index (χ1v) is 4.56. The van der Waals surface area contributed by atoms with Crippen LogP contribution in [0.25, 0.3) is 0 Å². The largest absolute Gasteiger partial charge is 0.321 e. The third kappa shape index (κ3) is 3.46. The lowest BCUT2D eigenvalue weighted by molar-refractivity contribution is 0.236. The highest BCUT2D eigenvalue weighted by atomic mass is 35.5. The van der Waals surface area contributed by atoms with Gasteiger partial charge in [0.1, 0.15) is 5.16 Å². The van der Waals surface area contributed by atoms with Crippen LogP contribution in [0.3, 0.4) is 0 Å². The van der Waals surface area contributed by atoms with Gasteiger partial charge in [0.25, 0.3) is 0 Å². The zero-order valence-electron chi connectivity index (χ0n) is 7.53. The van der Waals surface area contributed by atoms with Gasteiger partial charge in [0.05, 0.1) is 0 Å². The zero-order valence-corrected chi connectivity index (χ0v) is 9.04. The van der Waals surface area contributed by atoms with Crippen LogP contribution < -0.4 is 0 Å². The Hall–Kier alpha value is -0.210. The molecule has 4 heteroatoms. The molecule has 12 heavy (non-hydrogen) atoms. The van der Waals surface area contributed by atoms with Gasteiger partial charge in [-0.3, -0.25) is 9.69 Å². The van der Waals surface area contributed by atoms with E-state index in [1.807, 2.05) is 20.8 Å². The van der Waals surface area contributed by atoms with Gasteiger partial charge < -0.3 is 0 Å². The van der Waals surface area contributed by atoms with Gasteiger partial charge in [-0.15, -0.1) is 0 Å². The molecule has 0 spiro atoms. The van der Waals surface area contributed by atoms with Gasteiger partial charge in [0.2, 0.25) is 0 Å². The summed E-state index contributed by atoms with van der Waals surface area (Å²) in [5.41, 5.74) is 0.888. The summed E-state index contributed by atoms with van der Waals surface area (Å²) in [7, 11) is 0. The van der Waals surface area contributed by atoms with E-state index in [0.717, 1.165) is 12.0 Å². The second-order valence-corrected chi connectivity index (χ2v) is 3.38. The van der Waals surface area contributed by atoms with E-state index in [-0.39, 0.29) is 0 Å². The number of amides is 1. The van der Waals surface area contributed by atoms with Crippen molar-refractivity contribution in [3.8, 4) is 0 Å². The summed E-state index contributed by atoms with van der Waals surface area (Å²) in [6.07, 6.45) is 0.835. The molecule has 0 aromatic carbocycles. The Morgan fingerprint density at radius 2 is 1.83 bits per heavy atom. The van der Waals surface area contributed by atoms with Crippen molar-refractivity contribution in [2.24, 2.45) is 0 Å². The number of halogens is 2. The normalized spacial score (nSPS) is 9.42. The van der Waals surface area contributed by atoms with Crippen LogP contribution in [0, 0.1) is 0 Å². The molecule has 1 amide bonds. The Labute approximate surface area is 83.1 Å². The van der Waals surface area contributed by atoms with Gasteiger partial charge in [-0.1, -0.05) is 18.5 Å². The standard InChI is InChI=1S/C8H13Cl2NO/c1-4-5-11(8(10)12)7(9)6(2)3/h4-5H2,1-3H3. The lowest BCUT2D eigenvalue weighted by Gasteiger charge is -2.18. The number of rotatable bonds is 3. The lowest BCUT2D eigenvalue weighted by Crippen LogP contribution is -2.24. The maximum atomic E-state index is 10.9. The average molecular weight is 210 g/mol. The predicted molar refractivity (Wildman–Crippen MR) is 52.5 cm³/mol. The molecule has 0 aromatic rings. The molecule has 70 valence electrons. The molecule has 0 aliphatic heterocycles. The van der Waals surface area contributed by atoms with Crippen molar-refractivity contribution in [3.05, 3.63) is 10.7 Å². The van der Waals surface area contributed by atoms with Crippen molar-refractivity contribution < 1.29 is 4.79 Å². The highest BCUT2D eigenvalue weighted by Crippen LogP contribution is 2.17. The minimum absolute atomic E-state index is 0.428. The van der Waals surface area contributed by atoms with Crippen molar-refractivity contribution >= 4 is 28.6 Å². The molecule has 0 unspecified atom stereocenters. The summed E-state index contributed by atoms with van der Waals surface area (Å²) < 4.78 is 0. The molecule has 0 radical (unpaired) electrons. The maximum Gasteiger partial charge on any atom is 0.321 e. The van der Waals surface area contributed by atoms with Crippen LogP contribution in [0.4, 0.5) is 4.79 Å². The van der Waals surface area contributed by atoms with Crippen LogP contribution in [0.5, 0.6) is 0 Å². The Kier molecular flexibility index (Phi) is 5.34. The second-order valence-electron chi connectivity index (χ2n) is 2.70. The van der Waals surface area contributed by atoms with E-state index >= 15 is 0 Å². The Bertz CT molecular complexity index is 197. The smallest absolute Gasteiger partial charge is 0.289 e. The summed E-state index contributed by atoms with van der Waals surface area (Å²) in [4.78, 5) is 12.2. The zero-order chi connectivity index (χ0) is 9.72. The summed E-state index contributed by atoms with van der Waals surface area (Å²) in [5.74, 6) is 0. The molecule has 0 saturated carbocycles. The van der Waals surface area contributed by atoms with E-state index in [1.165, 1.54) is 4.90 Å². The van der Waals surface area contributed by atoms with Gasteiger partial charge in [-0.05, 0) is 37.4 Å². The summed E-state index contributed by atoms with van der Waals surface area (Å²) >= 11 is 11.2. The van der Waals surface area contributed by atoms with Gasteiger partial charge in [-0.25, -0.2) is 0 Å². The first-order valence-electron chi connectivity index (χ1n) is 3.80. The topological polar surface area (TPSA) is 20.3 Å². The number of allylic oxidation sites excluding steroid dienone is 1. The molecule has 0 rings (SSSR count). The molecule has 0 aliphatic carbocycles. The fraction of sp³-hybridized carbons (Fsp3) is 0.625. The molecule has 0 fully saturated rings. The van der Waals surface area contributed by atoms with Crippen LogP contribution in [-0.2, 0) is 0 Å². The number of carbonyl (C=O) groups excluding carboxylic acids is 1. The average Bonchev–Trinajstić information content (AvgIpc) is 1.98. The fourth-order valence-electron chi connectivity index (χ4n) is 0.757. The molecule has 0 aliphatic rings. The number of nitrogens with zero attached hydrogens (tertiary/aromatic N) is 1. The second kappa shape index (κ2) is 5.44. The molecular weight excluding hydrogens is 197 g/mol. The fourth-order valence-corrected chi connectivity index (χ4v) is 1.13. The molecule has 0 atom stereocenters. The van der Waals surface area contributed by atoms with Crippen molar-refractivity contribution in [1.82, 2.24) is 4.90 Å². The SMILES string of the molecule is CCCN(C(=O)Cl)C(Cl)=C(C)C. The lowest BCUT2D eigenvalue weighted by atomic mass is 10.3. The summed E-state index contributed by atoms with van der Waals surface area (Å²) in [6.45, 7) is 6.20. The van der Waals surface area contributed by atoms with Crippen LogP contribution in [-0.4, -0.2) is 16.8 Å². The van der Waals surface area contributed by atoms with E-state index in [4.69, 9.17) is 23.2 Å². The van der Waals surface area contributed by atoms with Crippen LogP contribution in [0.2, 0.25) is 0 Å². The van der Waals surface area contributed by atoms with Crippen LogP contribution in [0.15, 0.2) is 10.7 Å². The molecular formula is C8H13Cl2NO. The molecule has 0 aromatic heterocycles. The van der Waals surface area contributed by atoms with Gasteiger partial charge >= 0.3 is 5.37 Å². The third-order valence-corrected chi connectivity index (χ3v) is 2.10. The van der Waals surface area contributed by atoms with Crippen molar-refractivity contribution in [1.29, 1.82) is 0 Å². The van der Waals surface area contributed by atoms with Crippen molar-refractivity contribution in [3.63, 3.8) is 0 Å². The molecule has 0 saturated heterocycles. The maximum absolute atomic E-state index is 10.9. The minimum atomic E-state index is -0.525. The Morgan fingerprint density at radius 3 is 2.08 bits per heavy atom. The Morgan fingerprint density at radius 1 is 1.33 bits per heavy atom. The van der Waals surface area contributed by atoms with Gasteiger partial charge in [0.15, 0.2) is 0 Å². The first kappa shape index (κ1) is 11.8. The van der Waals surface area contributed by atoms with E-state index in [0.29, 0.717) is 11.7 Å². The van der Waals surface area contributed by atoms with Crippen LogP contribution >= 0.6 is 23.2 Å². The molecule has 0 bridgehead atoms. The molecule has 2 nitrogen and oxygen atoms in total. The number of hydrogen-bond acceptors (Lipinski definition) is 1. The van der Waals surface area contributed by atoms with Gasteiger partial charge in [0, 0.05) is 6.54 Å². The molecule has 0 heterocycles. The summed E-state index contributed by atoms with van der Waals surface area (Å²) in [6, 6.07) is 0. The molecule has 0 N–H and O–H groups in total. The third-order valence-electron chi connectivity index (χ3n) is 1.31. The minimum Gasteiger partial charge on any atom is -0.289 e.